The maximum Gasteiger partial charge on any atom is 0.101 e. The number of para-hydroxylation sites is 1. The molecule has 86 valence electrons. The lowest BCUT2D eigenvalue weighted by molar-refractivity contribution is 0.149. The van der Waals surface area contributed by atoms with Crippen molar-refractivity contribution in [3.63, 3.8) is 0 Å². The van der Waals surface area contributed by atoms with Crippen molar-refractivity contribution in [1.29, 1.82) is 5.26 Å². The van der Waals surface area contributed by atoms with Crippen molar-refractivity contribution in [3.05, 3.63) is 29.8 Å². The molecule has 0 bridgehead atoms. The summed E-state index contributed by atoms with van der Waals surface area (Å²) < 4.78 is 0. The van der Waals surface area contributed by atoms with Gasteiger partial charge in [0.25, 0.3) is 0 Å². The SMILES string of the molecule is CCC(C)(CO)CNc1ccccc1C#N. The number of aliphatic hydroxyl groups excluding tert-OH is 1. The van der Waals surface area contributed by atoms with Crippen molar-refractivity contribution in [2.45, 2.75) is 20.3 Å². The smallest absolute Gasteiger partial charge is 0.101 e. The van der Waals surface area contributed by atoms with Crippen LogP contribution in [0.1, 0.15) is 25.8 Å². The summed E-state index contributed by atoms with van der Waals surface area (Å²) in [6.45, 7) is 4.88. The zero-order valence-electron chi connectivity index (χ0n) is 9.83. The Kier molecular flexibility index (Phi) is 4.33. The van der Waals surface area contributed by atoms with Crippen molar-refractivity contribution in [3.8, 4) is 6.07 Å². The second-order valence-electron chi connectivity index (χ2n) is 4.33. The van der Waals surface area contributed by atoms with Gasteiger partial charge in [-0.2, -0.15) is 5.26 Å². The van der Waals surface area contributed by atoms with Gasteiger partial charge in [-0.05, 0) is 18.6 Å². The van der Waals surface area contributed by atoms with Crippen LogP contribution in [-0.2, 0) is 0 Å². The molecule has 3 nitrogen and oxygen atoms in total. The van der Waals surface area contributed by atoms with Crippen molar-refractivity contribution in [2.24, 2.45) is 5.41 Å². The summed E-state index contributed by atoms with van der Waals surface area (Å²) in [7, 11) is 0. The molecule has 1 aromatic rings. The number of aliphatic hydroxyl groups is 1. The molecule has 16 heavy (non-hydrogen) atoms. The van der Waals surface area contributed by atoms with Gasteiger partial charge in [-0.1, -0.05) is 26.0 Å². The van der Waals surface area contributed by atoms with Gasteiger partial charge in [0, 0.05) is 12.0 Å². The molecule has 0 aliphatic rings. The molecule has 0 fully saturated rings. The molecular formula is C13H18N2O. The first-order chi connectivity index (χ1) is 7.65. The Hall–Kier alpha value is -1.53. The van der Waals surface area contributed by atoms with Crippen LogP contribution in [0.5, 0.6) is 0 Å². The highest BCUT2D eigenvalue weighted by molar-refractivity contribution is 5.57. The number of hydrogen-bond donors (Lipinski definition) is 2. The molecule has 0 aromatic heterocycles. The third-order valence-electron chi connectivity index (χ3n) is 2.99. The molecule has 0 heterocycles. The molecule has 2 N–H and O–H groups in total. The first-order valence-corrected chi connectivity index (χ1v) is 5.49. The molecule has 0 saturated heterocycles. The Morgan fingerprint density at radius 1 is 1.44 bits per heavy atom. The molecule has 1 unspecified atom stereocenters. The van der Waals surface area contributed by atoms with E-state index in [-0.39, 0.29) is 12.0 Å². The summed E-state index contributed by atoms with van der Waals surface area (Å²) in [4.78, 5) is 0. The van der Waals surface area contributed by atoms with Crippen molar-refractivity contribution in [1.82, 2.24) is 0 Å². The lowest BCUT2D eigenvalue weighted by atomic mass is 9.88. The van der Waals surface area contributed by atoms with E-state index in [1.54, 1.807) is 6.07 Å². The number of nitriles is 1. The van der Waals surface area contributed by atoms with Gasteiger partial charge in [0.05, 0.1) is 17.9 Å². The normalized spacial score (nSPS) is 13.9. The Labute approximate surface area is 96.7 Å². The van der Waals surface area contributed by atoms with Gasteiger partial charge in [0.1, 0.15) is 6.07 Å². The van der Waals surface area contributed by atoms with Gasteiger partial charge in [-0.25, -0.2) is 0 Å². The molecule has 0 radical (unpaired) electrons. The van der Waals surface area contributed by atoms with Crippen LogP contribution >= 0.6 is 0 Å². The average molecular weight is 218 g/mol. The Bertz CT molecular complexity index is 378. The predicted octanol–water partition coefficient (Wildman–Crippen LogP) is 2.38. The minimum absolute atomic E-state index is 0.136. The summed E-state index contributed by atoms with van der Waals surface area (Å²) >= 11 is 0. The van der Waals surface area contributed by atoms with Crippen LogP contribution in [0.25, 0.3) is 0 Å². The number of benzene rings is 1. The monoisotopic (exact) mass is 218 g/mol. The molecule has 0 aliphatic carbocycles. The van der Waals surface area contributed by atoms with E-state index < -0.39 is 0 Å². The topological polar surface area (TPSA) is 56.0 Å². The van der Waals surface area contributed by atoms with Gasteiger partial charge in [0.2, 0.25) is 0 Å². The molecule has 1 aromatic carbocycles. The molecule has 0 amide bonds. The lowest BCUT2D eigenvalue weighted by Gasteiger charge is -2.26. The first kappa shape index (κ1) is 12.5. The summed E-state index contributed by atoms with van der Waals surface area (Å²) in [5.74, 6) is 0. The van der Waals surface area contributed by atoms with Crippen LogP contribution in [-0.4, -0.2) is 18.3 Å². The molecule has 0 spiro atoms. The number of anilines is 1. The van der Waals surface area contributed by atoms with Crippen LogP contribution in [0.15, 0.2) is 24.3 Å². The fraction of sp³-hybridized carbons (Fsp3) is 0.462. The first-order valence-electron chi connectivity index (χ1n) is 5.49. The van der Waals surface area contributed by atoms with Crippen LogP contribution in [0.4, 0.5) is 5.69 Å². The van der Waals surface area contributed by atoms with Gasteiger partial charge in [-0.15, -0.1) is 0 Å². The molecular weight excluding hydrogens is 200 g/mol. The summed E-state index contributed by atoms with van der Waals surface area (Å²) in [6.07, 6.45) is 0.894. The van der Waals surface area contributed by atoms with Crippen LogP contribution in [0.3, 0.4) is 0 Å². The van der Waals surface area contributed by atoms with E-state index in [0.29, 0.717) is 12.1 Å². The zero-order chi connectivity index (χ0) is 12.0. The van der Waals surface area contributed by atoms with E-state index in [1.165, 1.54) is 0 Å². The highest BCUT2D eigenvalue weighted by Gasteiger charge is 2.20. The second-order valence-corrected chi connectivity index (χ2v) is 4.33. The minimum atomic E-state index is -0.136. The zero-order valence-corrected chi connectivity index (χ0v) is 9.83. The van der Waals surface area contributed by atoms with E-state index in [4.69, 9.17) is 5.26 Å². The van der Waals surface area contributed by atoms with Crippen molar-refractivity contribution < 1.29 is 5.11 Å². The molecule has 0 saturated carbocycles. The van der Waals surface area contributed by atoms with Crippen molar-refractivity contribution in [2.75, 3.05) is 18.5 Å². The van der Waals surface area contributed by atoms with E-state index in [0.717, 1.165) is 12.1 Å². The molecule has 0 aliphatic heterocycles. The fourth-order valence-electron chi connectivity index (χ4n) is 1.34. The van der Waals surface area contributed by atoms with Gasteiger partial charge < -0.3 is 10.4 Å². The summed E-state index contributed by atoms with van der Waals surface area (Å²) in [5.41, 5.74) is 1.33. The molecule has 3 heteroatoms. The summed E-state index contributed by atoms with van der Waals surface area (Å²) in [5, 5.41) is 21.4. The number of nitrogens with one attached hydrogen (secondary N) is 1. The maximum atomic E-state index is 9.28. The Morgan fingerprint density at radius 3 is 2.69 bits per heavy atom. The van der Waals surface area contributed by atoms with E-state index in [9.17, 15) is 5.11 Å². The average Bonchev–Trinajstić information content (AvgIpc) is 2.36. The highest BCUT2D eigenvalue weighted by Crippen LogP contribution is 2.22. The number of rotatable bonds is 5. The number of hydrogen-bond acceptors (Lipinski definition) is 3. The van der Waals surface area contributed by atoms with Gasteiger partial charge >= 0.3 is 0 Å². The third kappa shape index (κ3) is 2.98. The Balaban J connectivity index is 2.72. The van der Waals surface area contributed by atoms with Crippen LogP contribution in [0, 0.1) is 16.7 Å². The van der Waals surface area contributed by atoms with E-state index >= 15 is 0 Å². The number of nitrogens with zero attached hydrogens (tertiary/aromatic N) is 1. The lowest BCUT2D eigenvalue weighted by Crippen LogP contribution is -2.29. The standard InChI is InChI=1S/C13H18N2O/c1-3-13(2,10-16)9-15-12-7-5-4-6-11(12)8-14/h4-7,15-16H,3,9-10H2,1-2H3. The second kappa shape index (κ2) is 5.53. The fourth-order valence-corrected chi connectivity index (χ4v) is 1.34. The predicted molar refractivity (Wildman–Crippen MR) is 65.1 cm³/mol. The maximum absolute atomic E-state index is 9.28. The summed E-state index contributed by atoms with van der Waals surface area (Å²) in [6, 6.07) is 9.54. The largest absolute Gasteiger partial charge is 0.396 e. The minimum Gasteiger partial charge on any atom is -0.396 e. The third-order valence-corrected chi connectivity index (χ3v) is 2.99. The quantitative estimate of drug-likeness (QED) is 0.797. The van der Waals surface area contributed by atoms with Crippen LogP contribution < -0.4 is 5.32 Å². The van der Waals surface area contributed by atoms with E-state index in [1.807, 2.05) is 32.0 Å². The van der Waals surface area contributed by atoms with Gasteiger partial charge in [0.15, 0.2) is 0 Å². The van der Waals surface area contributed by atoms with E-state index in [2.05, 4.69) is 11.4 Å². The Morgan fingerprint density at radius 2 is 2.12 bits per heavy atom. The van der Waals surface area contributed by atoms with Crippen LogP contribution in [0.2, 0.25) is 0 Å². The van der Waals surface area contributed by atoms with Gasteiger partial charge in [-0.3, -0.25) is 0 Å². The molecule has 1 rings (SSSR count). The molecule has 1 atom stereocenters. The van der Waals surface area contributed by atoms with Crippen molar-refractivity contribution >= 4 is 5.69 Å². The highest BCUT2D eigenvalue weighted by atomic mass is 16.3.